The van der Waals surface area contributed by atoms with Gasteiger partial charge in [0, 0.05) is 31.4 Å². The van der Waals surface area contributed by atoms with Crippen molar-refractivity contribution in [2.75, 3.05) is 12.9 Å². The quantitative estimate of drug-likeness (QED) is 0.339. The van der Waals surface area contributed by atoms with Crippen LogP contribution in [-0.2, 0) is 30.8 Å². The van der Waals surface area contributed by atoms with Gasteiger partial charge in [0.2, 0.25) is 0 Å². The number of carbonyl (C=O) groups is 1. The maximum atomic E-state index is 13.0. The van der Waals surface area contributed by atoms with Crippen LogP contribution < -0.4 is 11.0 Å². The van der Waals surface area contributed by atoms with Crippen molar-refractivity contribution in [3.63, 3.8) is 0 Å². The molecule has 35 heavy (non-hydrogen) atoms. The molecule has 0 bridgehead atoms. The van der Waals surface area contributed by atoms with Crippen LogP contribution in [0, 0.1) is 11.5 Å². The molecule has 1 fully saturated rings. The Labute approximate surface area is 207 Å². The van der Waals surface area contributed by atoms with Crippen molar-refractivity contribution >= 4 is 34.7 Å². The van der Waals surface area contributed by atoms with Crippen LogP contribution in [0.3, 0.4) is 0 Å². The molecule has 2 atom stereocenters. The van der Waals surface area contributed by atoms with Gasteiger partial charge in [0.15, 0.2) is 20.9 Å². The number of carbonyl (C=O) groups excluding carboxylic acids is 1. The summed E-state index contributed by atoms with van der Waals surface area (Å²) >= 11 is 0. The molecule has 0 aliphatic carbocycles. The minimum absolute atomic E-state index is 0.0180. The van der Waals surface area contributed by atoms with Gasteiger partial charge in [0.05, 0.1) is 17.2 Å². The Morgan fingerprint density at radius 2 is 2.09 bits per heavy atom. The average molecular weight is 520 g/mol. The van der Waals surface area contributed by atoms with Crippen molar-refractivity contribution < 1.29 is 22.8 Å². The number of rotatable bonds is 7. The van der Waals surface area contributed by atoms with Crippen molar-refractivity contribution in [2.24, 2.45) is 0 Å². The number of hydrogen-bond acceptors (Lipinski definition) is 7. The number of hydrogen-bond donors (Lipinski definition) is 1. The van der Waals surface area contributed by atoms with Crippen LogP contribution in [0.4, 0.5) is 0 Å². The number of amides is 1. The van der Waals surface area contributed by atoms with Gasteiger partial charge in [-0.25, -0.2) is 23.7 Å². The molecule has 1 saturated heterocycles. The Balaban J connectivity index is 1.78. The van der Waals surface area contributed by atoms with Gasteiger partial charge in [0.25, 0.3) is 11.5 Å². The van der Waals surface area contributed by atoms with Crippen molar-refractivity contribution in [1.29, 1.82) is 0 Å². The van der Waals surface area contributed by atoms with E-state index in [1.165, 1.54) is 17.8 Å². The fourth-order valence-corrected chi connectivity index (χ4v) is 4.85. The lowest BCUT2D eigenvalue weighted by Crippen LogP contribution is -2.51. The highest BCUT2D eigenvalue weighted by molar-refractivity contribution is 7.92. The van der Waals surface area contributed by atoms with Crippen LogP contribution in [0.25, 0.3) is 10.9 Å². The third-order valence-corrected chi connectivity index (χ3v) is 8.86. The van der Waals surface area contributed by atoms with Gasteiger partial charge < -0.3 is 4.74 Å². The molecule has 2 unspecified atom stereocenters. The Bertz CT molecular complexity index is 1320. The van der Waals surface area contributed by atoms with Crippen LogP contribution >= 0.6 is 0 Å². The molecule has 1 aliphatic rings. The number of aryl methyl sites for hydroxylation is 1. The van der Waals surface area contributed by atoms with E-state index >= 15 is 0 Å². The maximum Gasteiger partial charge on any atom is 0.264 e. The molecule has 190 valence electrons. The maximum absolute atomic E-state index is 13.0. The highest BCUT2D eigenvalue weighted by Gasteiger charge is 2.44. The van der Waals surface area contributed by atoms with Crippen LogP contribution in [0.15, 0.2) is 29.3 Å². The van der Waals surface area contributed by atoms with E-state index in [0.717, 1.165) is 24.7 Å². The van der Waals surface area contributed by atoms with E-state index < -0.39 is 34.9 Å². The van der Waals surface area contributed by atoms with E-state index in [4.69, 9.17) is 9.57 Å². The first-order chi connectivity index (χ1) is 16.3. The Kier molecular flexibility index (Phi) is 8.21. The van der Waals surface area contributed by atoms with Gasteiger partial charge in [-0.2, -0.15) is 0 Å². The minimum atomic E-state index is -3.85. The summed E-state index contributed by atoms with van der Waals surface area (Å²) in [6.45, 7) is 8.28. The minimum Gasteiger partial charge on any atom is -0.350 e. The largest absolute Gasteiger partial charge is 0.350 e. The number of aromatic nitrogens is 2. The molecule has 1 aromatic heterocycles. The second kappa shape index (κ2) is 10.6. The fourth-order valence-electron chi connectivity index (χ4n) is 3.49. The highest BCUT2D eigenvalue weighted by atomic mass is 32.2. The molecule has 0 radical (unpaired) electrons. The molecule has 2 aromatic rings. The summed E-state index contributed by atoms with van der Waals surface area (Å²) in [5.74, 6) is 2.35. The third kappa shape index (κ3) is 6.79. The zero-order valence-corrected chi connectivity index (χ0v) is 22.7. The third-order valence-electron chi connectivity index (χ3n) is 5.96. The second-order valence-electron chi connectivity index (χ2n) is 10.1. The zero-order chi connectivity index (χ0) is 25.9. The van der Waals surface area contributed by atoms with E-state index in [-0.39, 0.29) is 18.5 Å². The van der Waals surface area contributed by atoms with Gasteiger partial charge >= 0.3 is 0 Å². The van der Waals surface area contributed by atoms with E-state index in [1.54, 1.807) is 18.2 Å². The predicted molar refractivity (Wildman–Crippen MR) is 137 cm³/mol. The molecular formula is C24H33N3O6SSi. The molecule has 1 N–H and O–H groups in total. The second-order valence-corrected chi connectivity index (χ2v) is 17.3. The number of hydroxylamine groups is 1. The smallest absolute Gasteiger partial charge is 0.264 e. The predicted octanol–water partition coefficient (Wildman–Crippen LogP) is 2.39. The van der Waals surface area contributed by atoms with Crippen LogP contribution in [-0.4, -0.2) is 55.8 Å². The number of benzene rings is 1. The number of sulfone groups is 1. The molecule has 1 aromatic carbocycles. The van der Waals surface area contributed by atoms with Crippen LogP contribution in [0.2, 0.25) is 19.6 Å². The van der Waals surface area contributed by atoms with E-state index in [2.05, 4.69) is 41.6 Å². The summed E-state index contributed by atoms with van der Waals surface area (Å²) in [5.41, 5.74) is 6.52. The molecule has 1 aliphatic heterocycles. The molecule has 9 nitrogen and oxygen atoms in total. The number of ether oxygens (including phenoxy) is 1. The molecule has 0 saturated carbocycles. The van der Waals surface area contributed by atoms with Crippen molar-refractivity contribution in [1.82, 2.24) is 15.0 Å². The number of nitrogens with zero attached hydrogens (tertiary/aromatic N) is 2. The molecular weight excluding hydrogens is 486 g/mol. The molecule has 11 heteroatoms. The summed E-state index contributed by atoms with van der Waals surface area (Å²) in [6, 6.07) is 5.23. The Morgan fingerprint density at radius 1 is 1.34 bits per heavy atom. The Morgan fingerprint density at radius 3 is 2.71 bits per heavy atom. The normalized spacial score (nSPS) is 18.4. The van der Waals surface area contributed by atoms with Crippen molar-refractivity contribution in [3.8, 4) is 11.5 Å². The lowest BCUT2D eigenvalue weighted by molar-refractivity contribution is -0.201. The van der Waals surface area contributed by atoms with Crippen LogP contribution in [0.1, 0.15) is 38.2 Å². The standard InChI is InChI=1S/C24H33N3O6SSi/c1-24(34(2,30)31,23(29)26-33-21-8-6-7-14-32-21)12-13-27-17-25-20-16-18(11-15-35(3,4)5)9-10-19(20)22(27)28/h9-10,16-17,21H,6-8,12-14H2,1-5H3,(H,26,29). The average Bonchev–Trinajstić information content (AvgIpc) is 2.80. The summed E-state index contributed by atoms with van der Waals surface area (Å²) in [5, 5.41) is 0.398. The fraction of sp³-hybridized carbons (Fsp3) is 0.542. The number of fused-ring (bicyclic) bond motifs is 1. The lowest BCUT2D eigenvalue weighted by Gasteiger charge is -2.28. The summed E-state index contributed by atoms with van der Waals surface area (Å²) in [6.07, 6.45) is 4.04. The van der Waals surface area contributed by atoms with E-state index in [1.807, 2.05) is 0 Å². The summed E-state index contributed by atoms with van der Waals surface area (Å²) in [4.78, 5) is 35.5. The van der Waals surface area contributed by atoms with E-state index in [0.29, 0.717) is 23.9 Å². The summed E-state index contributed by atoms with van der Waals surface area (Å²) in [7, 11) is -5.39. The first-order valence-electron chi connectivity index (χ1n) is 11.6. The summed E-state index contributed by atoms with van der Waals surface area (Å²) < 4.78 is 30.1. The SMILES string of the molecule is CC(CCn1cnc2cc(C#C[Si](C)(C)C)ccc2c1=O)(C(=O)NOC1CCCCO1)S(C)(=O)=O. The van der Waals surface area contributed by atoms with Crippen molar-refractivity contribution in [3.05, 3.63) is 40.4 Å². The topological polar surface area (TPSA) is 117 Å². The van der Waals surface area contributed by atoms with E-state index in [9.17, 15) is 18.0 Å². The molecule has 3 rings (SSSR count). The monoisotopic (exact) mass is 519 g/mol. The number of nitrogens with one attached hydrogen (secondary N) is 1. The zero-order valence-electron chi connectivity index (χ0n) is 20.9. The molecule has 0 spiro atoms. The van der Waals surface area contributed by atoms with Gasteiger partial charge in [-0.15, -0.1) is 5.54 Å². The molecule has 1 amide bonds. The molecule has 2 heterocycles. The first-order valence-corrected chi connectivity index (χ1v) is 17.0. The van der Waals surface area contributed by atoms with Gasteiger partial charge in [-0.1, -0.05) is 25.6 Å². The first kappa shape index (κ1) is 27.1. The lowest BCUT2D eigenvalue weighted by atomic mass is 10.1. The van der Waals surface area contributed by atoms with Gasteiger partial charge in [0.1, 0.15) is 8.07 Å². The van der Waals surface area contributed by atoms with Crippen molar-refractivity contribution in [2.45, 2.75) is 69.8 Å². The van der Waals surface area contributed by atoms with Crippen LogP contribution in [0.5, 0.6) is 0 Å². The van der Waals surface area contributed by atoms with Gasteiger partial charge in [-0.05, 0) is 44.4 Å². The van der Waals surface area contributed by atoms with Gasteiger partial charge in [-0.3, -0.25) is 14.2 Å². The highest BCUT2D eigenvalue weighted by Crippen LogP contribution is 2.23. The Hall–Kier alpha value is -2.52.